The van der Waals surface area contributed by atoms with E-state index in [-0.39, 0.29) is 5.82 Å². The lowest BCUT2D eigenvalue weighted by molar-refractivity contribution is 0.628. The Labute approximate surface area is 119 Å². The van der Waals surface area contributed by atoms with E-state index in [0.717, 1.165) is 11.4 Å². The minimum Gasteiger partial charge on any atom is -0.355 e. The molecule has 0 aliphatic heterocycles. The molecule has 2 aromatic carbocycles. The molecule has 1 unspecified atom stereocenters. The van der Waals surface area contributed by atoms with Gasteiger partial charge in [-0.2, -0.15) is 0 Å². The molecule has 1 aliphatic carbocycles. The van der Waals surface area contributed by atoms with Gasteiger partial charge in [0.15, 0.2) is 0 Å². The Hall–Kier alpha value is -2.09. The fourth-order valence-corrected chi connectivity index (χ4v) is 2.60. The molecule has 1 aliphatic rings. The van der Waals surface area contributed by atoms with Gasteiger partial charge in [-0.15, -0.1) is 0 Å². The molecule has 2 heteroatoms. The average Bonchev–Trinajstić information content (AvgIpc) is 2.98. The molecule has 3 rings (SSSR count). The Morgan fingerprint density at radius 3 is 2.60 bits per heavy atom. The van der Waals surface area contributed by atoms with E-state index in [1.54, 1.807) is 12.1 Å². The van der Waals surface area contributed by atoms with Gasteiger partial charge in [-0.3, -0.25) is 0 Å². The summed E-state index contributed by atoms with van der Waals surface area (Å²) >= 11 is 0. The summed E-state index contributed by atoms with van der Waals surface area (Å²) in [4.78, 5) is 0. The fourth-order valence-electron chi connectivity index (χ4n) is 2.60. The third-order valence-corrected chi connectivity index (χ3v) is 3.83. The van der Waals surface area contributed by atoms with Crippen molar-refractivity contribution >= 4 is 11.4 Å². The average molecular weight is 267 g/mol. The lowest BCUT2D eigenvalue weighted by atomic mass is 9.96. The molecule has 0 heterocycles. The van der Waals surface area contributed by atoms with Crippen molar-refractivity contribution in [3.63, 3.8) is 0 Å². The largest absolute Gasteiger partial charge is 0.355 e. The maximum absolute atomic E-state index is 12.9. The molecule has 1 N–H and O–H groups in total. The molecule has 0 amide bonds. The third kappa shape index (κ3) is 2.74. The number of halogens is 1. The minimum absolute atomic E-state index is 0.211. The molecule has 0 saturated heterocycles. The van der Waals surface area contributed by atoms with Crippen LogP contribution in [0, 0.1) is 12.7 Å². The number of hydrogen-bond donors (Lipinski definition) is 1. The van der Waals surface area contributed by atoms with Gasteiger partial charge in [0.2, 0.25) is 0 Å². The molecule has 20 heavy (non-hydrogen) atoms. The number of nitrogens with one attached hydrogen (secondary N) is 1. The van der Waals surface area contributed by atoms with Gasteiger partial charge in [0.05, 0.1) is 0 Å². The first-order valence-electron chi connectivity index (χ1n) is 7.02. The predicted octanol–water partition coefficient (Wildman–Crippen LogP) is 5.31. The third-order valence-electron chi connectivity index (χ3n) is 3.83. The van der Waals surface area contributed by atoms with Crippen molar-refractivity contribution in [3.05, 3.63) is 71.6 Å². The van der Waals surface area contributed by atoms with Crippen LogP contribution in [0.15, 0.2) is 54.6 Å². The van der Waals surface area contributed by atoms with E-state index in [4.69, 9.17) is 0 Å². The Kier molecular flexibility index (Phi) is 3.55. The Morgan fingerprint density at radius 2 is 1.90 bits per heavy atom. The number of anilines is 2. The first kappa shape index (κ1) is 12.9. The number of benzene rings is 2. The van der Waals surface area contributed by atoms with Gasteiger partial charge in [-0.25, -0.2) is 4.39 Å². The van der Waals surface area contributed by atoms with E-state index in [1.807, 2.05) is 0 Å². The summed E-state index contributed by atoms with van der Waals surface area (Å²) in [6, 6.07) is 13.0. The molecular weight excluding hydrogens is 249 g/mol. The number of hydrogen-bond acceptors (Lipinski definition) is 1. The number of aryl methyl sites for hydroxylation is 1. The molecule has 0 fully saturated rings. The normalized spacial score (nSPS) is 17.4. The summed E-state index contributed by atoms with van der Waals surface area (Å²) in [7, 11) is 0. The molecule has 102 valence electrons. The van der Waals surface area contributed by atoms with Crippen LogP contribution in [0.3, 0.4) is 0 Å². The van der Waals surface area contributed by atoms with Gasteiger partial charge in [-0.1, -0.05) is 24.3 Å². The van der Waals surface area contributed by atoms with Crippen LogP contribution in [-0.2, 0) is 0 Å². The Balaban J connectivity index is 1.86. The maximum atomic E-state index is 12.9. The molecule has 1 nitrogen and oxygen atoms in total. The monoisotopic (exact) mass is 267 g/mol. The summed E-state index contributed by atoms with van der Waals surface area (Å²) in [5, 5.41) is 3.37. The molecule has 0 aromatic heterocycles. The van der Waals surface area contributed by atoms with Crippen LogP contribution in [0.25, 0.3) is 0 Å². The molecule has 1 atom stereocenters. The lowest BCUT2D eigenvalue weighted by Gasteiger charge is -2.14. The second-order valence-electron chi connectivity index (χ2n) is 5.32. The SMILES string of the molecule is Cc1ccc(C2C=CCC2)cc1Nc1ccc(F)cc1. The number of rotatable bonds is 3. The van der Waals surface area contributed by atoms with Crippen molar-refractivity contribution in [3.8, 4) is 0 Å². The van der Waals surface area contributed by atoms with Crippen LogP contribution in [0.4, 0.5) is 15.8 Å². The molecule has 2 aromatic rings. The van der Waals surface area contributed by atoms with Crippen LogP contribution in [0.1, 0.15) is 29.9 Å². The standard InChI is InChI=1S/C18H18FN/c1-13-6-7-15(14-4-2-3-5-14)12-18(13)20-17-10-8-16(19)9-11-17/h2,4,6-12,14,20H,3,5H2,1H3. The maximum Gasteiger partial charge on any atom is 0.123 e. The summed E-state index contributed by atoms with van der Waals surface area (Å²) in [5.41, 5.74) is 4.54. The van der Waals surface area contributed by atoms with Gasteiger partial charge in [0.25, 0.3) is 0 Å². The van der Waals surface area contributed by atoms with Crippen molar-refractivity contribution < 1.29 is 4.39 Å². The van der Waals surface area contributed by atoms with Crippen molar-refractivity contribution in [1.29, 1.82) is 0 Å². The van der Waals surface area contributed by atoms with Gasteiger partial charge in [-0.05, 0) is 61.2 Å². The molecule has 0 bridgehead atoms. The van der Waals surface area contributed by atoms with Crippen molar-refractivity contribution in [2.45, 2.75) is 25.7 Å². The predicted molar refractivity (Wildman–Crippen MR) is 82.0 cm³/mol. The quantitative estimate of drug-likeness (QED) is 0.743. The Bertz CT molecular complexity index is 628. The van der Waals surface area contributed by atoms with E-state index in [0.29, 0.717) is 5.92 Å². The minimum atomic E-state index is -0.211. The highest BCUT2D eigenvalue weighted by Crippen LogP contribution is 2.31. The molecule has 0 saturated carbocycles. The van der Waals surface area contributed by atoms with E-state index in [1.165, 1.54) is 36.1 Å². The summed E-state index contributed by atoms with van der Waals surface area (Å²) in [5.74, 6) is 0.321. The van der Waals surface area contributed by atoms with Gasteiger partial charge < -0.3 is 5.32 Å². The molecule has 0 spiro atoms. The van der Waals surface area contributed by atoms with Crippen molar-refractivity contribution in [1.82, 2.24) is 0 Å². The van der Waals surface area contributed by atoms with E-state index >= 15 is 0 Å². The second kappa shape index (κ2) is 5.49. The fraction of sp³-hybridized carbons (Fsp3) is 0.222. The molecular formula is C18H18FN. The van der Waals surface area contributed by atoms with Crippen LogP contribution >= 0.6 is 0 Å². The van der Waals surface area contributed by atoms with Gasteiger partial charge >= 0.3 is 0 Å². The van der Waals surface area contributed by atoms with Crippen molar-refractivity contribution in [2.75, 3.05) is 5.32 Å². The highest BCUT2D eigenvalue weighted by Gasteiger charge is 2.13. The van der Waals surface area contributed by atoms with Crippen LogP contribution in [-0.4, -0.2) is 0 Å². The topological polar surface area (TPSA) is 12.0 Å². The van der Waals surface area contributed by atoms with Crippen molar-refractivity contribution in [2.24, 2.45) is 0 Å². The second-order valence-corrected chi connectivity index (χ2v) is 5.32. The zero-order valence-electron chi connectivity index (χ0n) is 11.6. The smallest absolute Gasteiger partial charge is 0.123 e. The molecule has 0 radical (unpaired) electrons. The highest BCUT2D eigenvalue weighted by molar-refractivity contribution is 5.64. The van der Waals surface area contributed by atoms with Crippen LogP contribution in [0.2, 0.25) is 0 Å². The van der Waals surface area contributed by atoms with Crippen LogP contribution < -0.4 is 5.32 Å². The van der Waals surface area contributed by atoms with E-state index in [9.17, 15) is 4.39 Å². The Morgan fingerprint density at radius 1 is 1.10 bits per heavy atom. The summed E-state index contributed by atoms with van der Waals surface area (Å²) < 4.78 is 12.9. The van der Waals surface area contributed by atoms with Gasteiger partial charge in [0.1, 0.15) is 5.82 Å². The van der Waals surface area contributed by atoms with Crippen LogP contribution in [0.5, 0.6) is 0 Å². The van der Waals surface area contributed by atoms with Gasteiger partial charge in [0, 0.05) is 17.3 Å². The lowest BCUT2D eigenvalue weighted by Crippen LogP contribution is -1.97. The van der Waals surface area contributed by atoms with E-state index < -0.39 is 0 Å². The zero-order chi connectivity index (χ0) is 13.9. The number of allylic oxidation sites excluding steroid dienone is 2. The summed E-state index contributed by atoms with van der Waals surface area (Å²) in [6.07, 6.45) is 6.89. The highest BCUT2D eigenvalue weighted by atomic mass is 19.1. The first-order valence-corrected chi connectivity index (χ1v) is 7.02. The first-order chi connectivity index (χ1) is 9.72. The zero-order valence-corrected chi connectivity index (χ0v) is 11.6. The van der Waals surface area contributed by atoms with E-state index in [2.05, 4.69) is 42.6 Å². The summed E-state index contributed by atoms with van der Waals surface area (Å²) in [6.45, 7) is 2.08.